The highest BCUT2D eigenvalue weighted by Gasteiger charge is 2.33. The molecule has 1 saturated heterocycles. The van der Waals surface area contributed by atoms with E-state index in [1.54, 1.807) is 0 Å². The van der Waals surface area contributed by atoms with Crippen molar-refractivity contribution in [2.24, 2.45) is 17.6 Å². The summed E-state index contributed by atoms with van der Waals surface area (Å²) >= 11 is 0. The maximum absolute atomic E-state index is 12.3. The Morgan fingerprint density at radius 1 is 1.25 bits per heavy atom. The van der Waals surface area contributed by atoms with Crippen molar-refractivity contribution in [2.75, 3.05) is 13.1 Å². The minimum Gasteiger partial charge on any atom is -0.353 e. The van der Waals surface area contributed by atoms with Crippen LogP contribution in [0.4, 0.5) is 0 Å². The van der Waals surface area contributed by atoms with Crippen LogP contribution in [0.25, 0.3) is 0 Å². The van der Waals surface area contributed by atoms with E-state index in [9.17, 15) is 9.59 Å². The van der Waals surface area contributed by atoms with Crippen molar-refractivity contribution in [1.82, 2.24) is 10.2 Å². The molecule has 20 heavy (non-hydrogen) atoms. The van der Waals surface area contributed by atoms with Crippen molar-refractivity contribution < 1.29 is 9.59 Å². The van der Waals surface area contributed by atoms with Gasteiger partial charge in [0, 0.05) is 25.0 Å². The van der Waals surface area contributed by atoms with E-state index in [1.165, 1.54) is 0 Å². The third-order valence-electron chi connectivity index (χ3n) is 4.64. The molecule has 2 rings (SSSR count). The average molecular weight is 281 g/mol. The van der Waals surface area contributed by atoms with Crippen LogP contribution in [0.15, 0.2) is 0 Å². The average Bonchev–Trinajstić information content (AvgIpc) is 3.30. The van der Waals surface area contributed by atoms with Crippen LogP contribution < -0.4 is 11.1 Å². The van der Waals surface area contributed by atoms with E-state index in [2.05, 4.69) is 12.2 Å². The monoisotopic (exact) mass is 281 g/mol. The number of rotatable bonds is 5. The molecule has 3 N–H and O–H groups in total. The van der Waals surface area contributed by atoms with E-state index in [4.69, 9.17) is 5.73 Å². The first-order valence-electron chi connectivity index (χ1n) is 7.87. The van der Waals surface area contributed by atoms with Crippen LogP contribution in [0.1, 0.15) is 46.0 Å². The Morgan fingerprint density at radius 3 is 2.35 bits per heavy atom. The molecular weight excluding hydrogens is 254 g/mol. The van der Waals surface area contributed by atoms with Gasteiger partial charge in [0.2, 0.25) is 11.8 Å². The van der Waals surface area contributed by atoms with Crippen LogP contribution in [0.3, 0.4) is 0 Å². The molecule has 1 heterocycles. The summed E-state index contributed by atoms with van der Waals surface area (Å²) in [6, 6.07) is -0.162. The van der Waals surface area contributed by atoms with Crippen LogP contribution in [0, 0.1) is 11.8 Å². The predicted octanol–water partition coefficient (Wildman–Crippen LogP) is 0.877. The summed E-state index contributed by atoms with van der Waals surface area (Å²) < 4.78 is 0. The van der Waals surface area contributed by atoms with Gasteiger partial charge in [0.25, 0.3) is 0 Å². The van der Waals surface area contributed by atoms with Crippen LogP contribution in [0.5, 0.6) is 0 Å². The second kappa shape index (κ2) is 6.57. The molecule has 0 radical (unpaired) electrons. The maximum Gasteiger partial charge on any atom is 0.239 e. The molecule has 0 bridgehead atoms. The van der Waals surface area contributed by atoms with Gasteiger partial charge in [0.1, 0.15) is 0 Å². The number of carbonyl (C=O) groups excluding carboxylic acids is 2. The second-order valence-corrected chi connectivity index (χ2v) is 6.29. The Bertz CT molecular complexity index is 360. The topological polar surface area (TPSA) is 75.4 Å². The molecule has 0 unspecified atom stereocenters. The quantitative estimate of drug-likeness (QED) is 0.785. The molecule has 2 amide bonds. The first-order valence-corrected chi connectivity index (χ1v) is 7.87. The highest BCUT2D eigenvalue weighted by Crippen LogP contribution is 2.29. The van der Waals surface area contributed by atoms with Crippen molar-refractivity contribution >= 4 is 11.8 Å². The van der Waals surface area contributed by atoms with E-state index < -0.39 is 6.04 Å². The van der Waals surface area contributed by atoms with Gasteiger partial charge in [-0.3, -0.25) is 9.59 Å². The summed E-state index contributed by atoms with van der Waals surface area (Å²) in [5, 5.41) is 3.10. The van der Waals surface area contributed by atoms with Gasteiger partial charge in [-0.1, -0.05) is 20.3 Å². The molecule has 5 nitrogen and oxygen atoms in total. The summed E-state index contributed by atoms with van der Waals surface area (Å²) in [6.07, 6.45) is 4.68. The zero-order chi connectivity index (χ0) is 14.7. The number of nitrogens with one attached hydrogen (secondary N) is 1. The lowest BCUT2D eigenvalue weighted by Gasteiger charge is -2.34. The van der Waals surface area contributed by atoms with Gasteiger partial charge in [-0.2, -0.15) is 0 Å². The van der Waals surface area contributed by atoms with Crippen LogP contribution >= 0.6 is 0 Å². The predicted molar refractivity (Wildman–Crippen MR) is 77.9 cm³/mol. The number of likely N-dealkylation sites (tertiary alicyclic amines) is 1. The summed E-state index contributed by atoms with van der Waals surface area (Å²) in [5.74, 6) is 0.737. The van der Waals surface area contributed by atoms with Gasteiger partial charge >= 0.3 is 0 Å². The second-order valence-electron chi connectivity index (χ2n) is 6.29. The van der Waals surface area contributed by atoms with Crippen molar-refractivity contribution in [1.29, 1.82) is 0 Å². The molecule has 1 saturated carbocycles. The SMILES string of the molecule is CC[C@H](C)[C@H](N)C(=O)N1CCC(NC(=O)C2CC2)CC1. The van der Waals surface area contributed by atoms with Crippen molar-refractivity contribution in [3.05, 3.63) is 0 Å². The smallest absolute Gasteiger partial charge is 0.239 e. The molecule has 2 aliphatic rings. The molecule has 0 spiro atoms. The third kappa shape index (κ3) is 3.72. The zero-order valence-corrected chi connectivity index (χ0v) is 12.6. The Labute approximate surface area is 121 Å². The molecule has 0 aromatic carbocycles. The van der Waals surface area contributed by atoms with Crippen molar-refractivity contribution in [3.8, 4) is 0 Å². The fraction of sp³-hybridized carbons (Fsp3) is 0.867. The van der Waals surface area contributed by atoms with E-state index in [0.717, 1.165) is 32.1 Å². The molecule has 5 heteroatoms. The lowest BCUT2D eigenvalue weighted by Crippen LogP contribution is -2.52. The first kappa shape index (κ1) is 15.3. The summed E-state index contributed by atoms with van der Waals surface area (Å²) in [5.41, 5.74) is 6.00. The Balaban J connectivity index is 1.75. The molecule has 114 valence electrons. The van der Waals surface area contributed by atoms with Gasteiger partial charge in [-0.05, 0) is 31.6 Å². The van der Waals surface area contributed by atoms with Gasteiger partial charge in [0.05, 0.1) is 6.04 Å². The fourth-order valence-electron chi connectivity index (χ4n) is 2.62. The Kier molecular flexibility index (Phi) is 5.02. The summed E-state index contributed by atoms with van der Waals surface area (Å²) in [7, 11) is 0. The highest BCUT2D eigenvalue weighted by atomic mass is 16.2. The highest BCUT2D eigenvalue weighted by molar-refractivity contribution is 5.82. The zero-order valence-electron chi connectivity index (χ0n) is 12.6. The number of piperidine rings is 1. The van der Waals surface area contributed by atoms with Crippen molar-refractivity contribution in [3.63, 3.8) is 0 Å². The summed E-state index contributed by atoms with van der Waals surface area (Å²) in [4.78, 5) is 25.8. The molecule has 0 aromatic rings. The molecule has 1 aliphatic carbocycles. The molecule has 1 aliphatic heterocycles. The minimum absolute atomic E-state index is 0.0614. The van der Waals surface area contributed by atoms with E-state index in [0.29, 0.717) is 13.1 Å². The largest absolute Gasteiger partial charge is 0.353 e. The number of carbonyl (C=O) groups is 2. The minimum atomic E-state index is -0.391. The van der Waals surface area contributed by atoms with Crippen molar-refractivity contribution in [2.45, 2.75) is 58.0 Å². The van der Waals surface area contributed by atoms with Gasteiger partial charge in [-0.25, -0.2) is 0 Å². The van der Waals surface area contributed by atoms with Crippen LogP contribution in [-0.2, 0) is 9.59 Å². The number of amides is 2. The van der Waals surface area contributed by atoms with Crippen LogP contribution in [-0.4, -0.2) is 41.9 Å². The number of hydrogen-bond donors (Lipinski definition) is 2. The third-order valence-corrected chi connectivity index (χ3v) is 4.64. The lowest BCUT2D eigenvalue weighted by atomic mass is 9.97. The van der Waals surface area contributed by atoms with Gasteiger partial charge in [0.15, 0.2) is 0 Å². The molecule has 2 atom stereocenters. The molecule has 2 fully saturated rings. The first-order chi connectivity index (χ1) is 9.52. The Hall–Kier alpha value is -1.10. The maximum atomic E-state index is 12.3. The van der Waals surface area contributed by atoms with E-state index in [-0.39, 0.29) is 29.7 Å². The lowest BCUT2D eigenvalue weighted by molar-refractivity contribution is -0.135. The molecule has 0 aromatic heterocycles. The van der Waals surface area contributed by atoms with Crippen LogP contribution in [0.2, 0.25) is 0 Å². The number of hydrogen-bond acceptors (Lipinski definition) is 3. The Morgan fingerprint density at radius 2 is 1.85 bits per heavy atom. The summed E-state index contributed by atoms with van der Waals surface area (Å²) in [6.45, 7) is 5.49. The normalized spacial score (nSPS) is 23.2. The van der Waals surface area contributed by atoms with Gasteiger partial charge in [-0.15, -0.1) is 0 Å². The number of nitrogens with two attached hydrogens (primary N) is 1. The molecular formula is C15H27N3O2. The van der Waals surface area contributed by atoms with E-state index in [1.807, 2.05) is 11.8 Å². The number of nitrogens with zero attached hydrogens (tertiary/aromatic N) is 1. The van der Waals surface area contributed by atoms with E-state index >= 15 is 0 Å². The van der Waals surface area contributed by atoms with Gasteiger partial charge < -0.3 is 16.0 Å². The standard InChI is InChI=1S/C15H27N3O2/c1-3-10(2)13(16)15(20)18-8-6-12(7-9-18)17-14(19)11-4-5-11/h10-13H,3-9,16H2,1-2H3,(H,17,19)/t10-,13-/m0/s1. The fourth-order valence-corrected chi connectivity index (χ4v) is 2.62.